The van der Waals surface area contributed by atoms with E-state index in [-0.39, 0.29) is 0 Å². The molecular weight excluding hydrogens is 150 g/mol. The molecule has 3 nitrogen and oxygen atoms in total. The summed E-state index contributed by atoms with van der Waals surface area (Å²) in [6.45, 7) is 5.41. The van der Waals surface area contributed by atoms with Crippen LogP contribution in [0.5, 0.6) is 0 Å². The summed E-state index contributed by atoms with van der Waals surface area (Å²) in [5, 5.41) is 3.48. The molecule has 0 aromatic heterocycles. The molecule has 0 aromatic rings. The van der Waals surface area contributed by atoms with Gasteiger partial charge in [-0.1, -0.05) is 0 Å². The van der Waals surface area contributed by atoms with Crippen LogP contribution in [-0.2, 0) is 0 Å². The van der Waals surface area contributed by atoms with Crippen molar-refractivity contribution in [2.45, 2.75) is 24.8 Å². The molecule has 2 rings (SSSR count). The standard InChI is InChI=1S/C9H19N3/c10-4-6-12-7-5-11-8-9(12)2-1-3-9/h11H,1-8,10H2. The molecule has 2 fully saturated rings. The van der Waals surface area contributed by atoms with Crippen LogP contribution >= 0.6 is 0 Å². The fraction of sp³-hybridized carbons (Fsp3) is 1.00. The van der Waals surface area contributed by atoms with E-state index in [9.17, 15) is 0 Å². The lowest BCUT2D eigenvalue weighted by atomic mass is 9.74. The van der Waals surface area contributed by atoms with Gasteiger partial charge < -0.3 is 11.1 Å². The van der Waals surface area contributed by atoms with Crippen molar-refractivity contribution < 1.29 is 0 Å². The van der Waals surface area contributed by atoms with Gasteiger partial charge in [0.25, 0.3) is 0 Å². The van der Waals surface area contributed by atoms with Crippen LogP contribution in [0.2, 0.25) is 0 Å². The zero-order valence-electron chi connectivity index (χ0n) is 7.68. The van der Waals surface area contributed by atoms with E-state index in [4.69, 9.17) is 5.73 Å². The molecule has 0 radical (unpaired) electrons. The first-order valence-electron chi connectivity index (χ1n) is 5.03. The van der Waals surface area contributed by atoms with Crippen molar-refractivity contribution in [3.05, 3.63) is 0 Å². The summed E-state index contributed by atoms with van der Waals surface area (Å²) in [6.07, 6.45) is 4.16. The first-order valence-corrected chi connectivity index (χ1v) is 5.03. The molecule has 0 atom stereocenters. The molecule has 0 unspecified atom stereocenters. The van der Waals surface area contributed by atoms with Gasteiger partial charge >= 0.3 is 0 Å². The normalized spacial score (nSPS) is 28.8. The van der Waals surface area contributed by atoms with Crippen LogP contribution in [0.1, 0.15) is 19.3 Å². The van der Waals surface area contributed by atoms with Crippen molar-refractivity contribution in [1.82, 2.24) is 10.2 Å². The lowest BCUT2D eigenvalue weighted by Gasteiger charge is -2.53. The zero-order valence-corrected chi connectivity index (χ0v) is 7.68. The maximum Gasteiger partial charge on any atom is 0.0335 e. The average Bonchev–Trinajstić information content (AvgIpc) is 2.03. The van der Waals surface area contributed by atoms with Gasteiger partial charge in [-0.3, -0.25) is 4.90 Å². The Labute approximate surface area is 74.3 Å². The highest BCUT2D eigenvalue weighted by molar-refractivity contribution is 5.02. The topological polar surface area (TPSA) is 41.3 Å². The van der Waals surface area contributed by atoms with E-state index in [0.29, 0.717) is 5.54 Å². The van der Waals surface area contributed by atoms with Crippen LogP contribution in [0.25, 0.3) is 0 Å². The van der Waals surface area contributed by atoms with Crippen molar-refractivity contribution in [3.8, 4) is 0 Å². The predicted octanol–water partition coefficient (Wildman–Crippen LogP) is -0.227. The molecular formula is C9H19N3. The van der Waals surface area contributed by atoms with Gasteiger partial charge in [0.2, 0.25) is 0 Å². The van der Waals surface area contributed by atoms with Crippen LogP contribution in [0.4, 0.5) is 0 Å². The van der Waals surface area contributed by atoms with Crippen LogP contribution in [0, 0.1) is 0 Å². The quantitative estimate of drug-likeness (QED) is 0.600. The number of nitrogens with one attached hydrogen (secondary N) is 1. The molecule has 1 aliphatic carbocycles. The third-order valence-corrected chi connectivity index (χ3v) is 3.37. The third-order valence-electron chi connectivity index (χ3n) is 3.37. The molecule has 0 amide bonds. The second-order valence-corrected chi connectivity index (χ2v) is 4.03. The van der Waals surface area contributed by atoms with Gasteiger partial charge in [-0.15, -0.1) is 0 Å². The van der Waals surface area contributed by atoms with Crippen LogP contribution in [0.3, 0.4) is 0 Å². The Morgan fingerprint density at radius 1 is 1.42 bits per heavy atom. The molecule has 12 heavy (non-hydrogen) atoms. The molecule has 1 saturated heterocycles. The molecule has 1 saturated carbocycles. The molecule has 1 spiro atoms. The van der Waals surface area contributed by atoms with Crippen LogP contribution in [0.15, 0.2) is 0 Å². The summed E-state index contributed by atoms with van der Waals surface area (Å²) in [6, 6.07) is 0. The SMILES string of the molecule is NCCN1CCNCC12CCC2. The van der Waals surface area contributed by atoms with Gasteiger partial charge in [-0.25, -0.2) is 0 Å². The number of piperazine rings is 1. The number of nitrogens with two attached hydrogens (primary N) is 1. The van der Waals surface area contributed by atoms with Gasteiger partial charge in [-0.05, 0) is 19.3 Å². The lowest BCUT2D eigenvalue weighted by Crippen LogP contribution is -2.65. The monoisotopic (exact) mass is 169 g/mol. The zero-order chi connectivity index (χ0) is 8.44. The van der Waals surface area contributed by atoms with E-state index < -0.39 is 0 Å². The second-order valence-electron chi connectivity index (χ2n) is 4.03. The van der Waals surface area contributed by atoms with Crippen LogP contribution < -0.4 is 11.1 Å². The smallest absolute Gasteiger partial charge is 0.0335 e. The summed E-state index contributed by atoms with van der Waals surface area (Å²) >= 11 is 0. The Balaban J connectivity index is 1.97. The van der Waals surface area contributed by atoms with Gasteiger partial charge in [0.15, 0.2) is 0 Å². The fourth-order valence-electron chi connectivity index (χ4n) is 2.47. The van der Waals surface area contributed by atoms with E-state index in [1.165, 1.54) is 32.4 Å². The number of nitrogens with zero attached hydrogens (tertiary/aromatic N) is 1. The minimum Gasteiger partial charge on any atom is -0.329 e. The fourth-order valence-corrected chi connectivity index (χ4v) is 2.47. The maximum absolute atomic E-state index is 5.60. The average molecular weight is 169 g/mol. The summed E-state index contributed by atoms with van der Waals surface area (Å²) in [7, 11) is 0. The summed E-state index contributed by atoms with van der Waals surface area (Å²) in [5.74, 6) is 0. The molecule has 1 aliphatic heterocycles. The summed E-state index contributed by atoms with van der Waals surface area (Å²) in [5.41, 5.74) is 6.11. The van der Waals surface area contributed by atoms with Crippen molar-refractivity contribution >= 4 is 0 Å². The van der Waals surface area contributed by atoms with Gasteiger partial charge in [0.05, 0.1) is 0 Å². The maximum atomic E-state index is 5.60. The number of hydrogen-bond acceptors (Lipinski definition) is 3. The highest BCUT2D eigenvalue weighted by Gasteiger charge is 2.43. The second kappa shape index (κ2) is 3.32. The van der Waals surface area contributed by atoms with E-state index in [0.717, 1.165) is 19.6 Å². The minimum atomic E-state index is 0.512. The van der Waals surface area contributed by atoms with Crippen molar-refractivity contribution in [1.29, 1.82) is 0 Å². The number of rotatable bonds is 2. The molecule has 3 heteroatoms. The molecule has 1 heterocycles. The van der Waals surface area contributed by atoms with E-state index in [1.807, 2.05) is 0 Å². The highest BCUT2D eigenvalue weighted by Crippen LogP contribution is 2.37. The van der Waals surface area contributed by atoms with Gasteiger partial charge in [0.1, 0.15) is 0 Å². The Bertz CT molecular complexity index is 152. The van der Waals surface area contributed by atoms with Crippen molar-refractivity contribution in [2.75, 3.05) is 32.7 Å². The third kappa shape index (κ3) is 1.26. The van der Waals surface area contributed by atoms with E-state index in [2.05, 4.69) is 10.2 Å². The Morgan fingerprint density at radius 2 is 2.25 bits per heavy atom. The largest absolute Gasteiger partial charge is 0.329 e. The van der Waals surface area contributed by atoms with Gasteiger partial charge in [-0.2, -0.15) is 0 Å². The molecule has 0 bridgehead atoms. The van der Waals surface area contributed by atoms with Crippen LogP contribution in [-0.4, -0.2) is 43.2 Å². The first-order chi connectivity index (χ1) is 5.87. The minimum absolute atomic E-state index is 0.512. The van der Waals surface area contributed by atoms with Crippen molar-refractivity contribution in [2.24, 2.45) is 5.73 Å². The number of hydrogen-bond donors (Lipinski definition) is 2. The molecule has 2 aliphatic rings. The summed E-state index contributed by atoms with van der Waals surface area (Å²) in [4.78, 5) is 2.59. The Kier molecular flexibility index (Phi) is 2.35. The van der Waals surface area contributed by atoms with Gasteiger partial charge in [0, 0.05) is 38.3 Å². The first kappa shape index (κ1) is 8.48. The van der Waals surface area contributed by atoms with E-state index >= 15 is 0 Å². The lowest BCUT2D eigenvalue weighted by molar-refractivity contribution is -0.00147. The molecule has 70 valence electrons. The van der Waals surface area contributed by atoms with E-state index in [1.54, 1.807) is 0 Å². The Hall–Kier alpha value is -0.120. The highest BCUT2D eigenvalue weighted by atomic mass is 15.3. The molecule has 3 N–H and O–H groups in total. The Morgan fingerprint density at radius 3 is 2.83 bits per heavy atom. The predicted molar refractivity (Wildman–Crippen MR) is 50.1 cm³/mol. The molecule has 0 aromatic carbocycles. The van der Waals surface area contributed by atoms with Crippen molar-refractivity contribution in [3.63, 3.8) is 0 Å². The summed E-state index contributed by atoms with van der Waals surface area (Å²) < 4.78 is 0.